The highest BCUT2D eigenvalue weighted by atomic mass is 16.5. The van der Waals surface area contributed by atoms with Crippen molar-refractivity contribution in [3.63, 3.8) is 0 Å². The largest absolute Gasteiger partial charge is 0.469 e. The summed E-state index contributed by atoms with van der Waals surface area (Å²) in [7, 11) is 5.27. The van der Waals surface area contributed by atoms with E-state index in [2.05, 4.69) is 10.1 Å². The Morgan fingerprint density at radius 2 is 1.90 bits per heavy atom. The molecule has 1 N–H and O–H groups in total. The highest BCUT2D eigenvalue weighted by Gasteiger charge is 2.10. The van der Waals surface area contributed by atoms with Crippen LogP contribution in [0.4, 0.5) is 5.69 Å². The number of amides is 1. The maximum Gasteiger partial charge on any atom is 0.307 e. The number of nitrogens with one attached hydrogen (secondary N) is 1. The molecule has 0 fully saturated rings. The Hall–Kier alpha value is -2.30. The number of carbonyl (C=O) groups is 2. The molecule has 0 aromatic heterocycles. The zero-order valence-corrected chi connectivity index (χ0v) is 12.9. The molecule has 0 radical (unpaired) electrons. The van der Waals surface area contributed by atoms with Crippen LogP contribution in [0.15, 0.2) is 30.3 Å². The van der Waals surface area contributed by atoms with Gasteiger partial charge in [-0.3, -0.25) is 9.59 Å². The van der Waals surface area contributed by atoms with Gasteiger partial charge in [-0.05, 0) is 30.7 Å². The molecule has 1 rings (SSSR count). The van der Waals surface area contributed by atoms with E-state index in [0.29, 0.717) is 0 Å². The average molecular weight is 290 g/mol. The van der Waals surface area contributed by atoms with Crippen molar-refractivity contribution in [1.29, 1.82) is 0 Å². The minimum atomic E-state index is -0.342. The third-order valence-electron chi connectivity index (χ3n) is 2.93. The average Bonchev–Trinajstić information content (AvgIpc) is 2.45. The summed E-state index contributed by atoms with van der Waals surface area (Å²) in [6, 6.07) is 7.59. The zero-order valence-electron chi connectivity index (χ0n) is 12.9. The predicted octanol–water partition coefficient (Wildman–Crippen LogP) is 1.83. The standard InChI is InChI=1S/C16H22N2O3/c1-12(11-16(20)21-4)17-15(19)10-7-13-5-8-14(9-6-13)18(2)3/h5-10,12H,11H2,1-4H3,(H,17,19). The first-order valence-corrected chi connectivity index (χ1v) is 6.75. The number of methoxy groups -OCH3 is 1. The molecule has 0 heterocycles. The lowest BCUT2D eigenvalue weighted by atomic mass is 10.2. The molecule has 1 aromatic rings. The molecule has 0 saturated heterocycles. The SMILES string of the molecule is COC(=O)CC(C)NC(=O)C=Cc1ccc(N(C)C)cc1. The summed E-state index contributed by atoms with van der Waals surface area (Å²) in [6.45, 7) is 1.76. The number of ether oxygens (including phenoxy) is 1. The summed E-state index contributed by atoms with van der Waals surface area (Å²) < 4.78 is 4.55. The van der Waals surface area contributed by atoms with Gasteiger partial charge in [0.2, 0.25) is 5.91 Å². The van der Waals surface area contributed by atoms with E-state index in [0.717, 1.165) is 11.3 Å². The van der Waals surface area contributed by atoms with Crippen molar-refractivity contribution >= 4 is 23.6 Å². The molecule has 1 unspecified atom stereocenters. The summed E-state index contributed by atoms with van der Waals surface area (Å²) in [5.74, 6) is -0.575. The Balaban J connectivity index is 2.51. The lowest BCUT2D eigenvalue weighted by molar-refractivity contribution is -0.141. The van der Waals surface area contributed by atoms with E-state index in [-0.39, 0.29) is 24.3 Å². The summed E-state index contributed by atoms with van der Waals surface area (Å²) in [4.78, 5) is 24.8. The van der Waals surface area contributed by atoms with Gasteiger partial charge in [-0.25, -0.2) is 0 Å². The van der Waals surface area contributed by atoms with Gasteiger partial charge in [0.15, 0.2) is 0 Å². The molecule has 0 aliphatic heterocycles. The Morgan fingerprint density at radius 1 is 1.29 bits per heavy atom. The number of anilines is 1. The Labute approximate surface area is 125 Å². The van der Waals surface area contributed by atoms with Gasteiger partial charge in [0.05, 0.1) is 13.5 Å². The molecule has 0 aliphatic rings. The Kier molecular flexibility index (Phi) is 6.46. The van der Waals surface area contributed by atoms with E-state index >= 15 is 0 Å². The number of nitrogens with zero attached hydrogens (tertiary/aromatic N) is 1. The normalized spacial score (nSPS) is 12.0. The van der Waals surface area contributed by atoms with Crippen LogP contribution >= 0.6 is 0 Å². The zero-order chi connectivity index (χ0) is 15.8. The Morgan fingerprint density at radius 3 is 2.43 bits per heavy atom. The molecule has 1 aromatic carbocycles. The third kappa shape index (κ3) is 6.12. The van der Waals surface area contributed by atoms with Crippen LogP contribution in [-0.4, -0.2) is 39.1 Å². The molecule has 0 aliphatic carbocycles. The maximum absolute atomic E-state index is 11.7. The van der Waals surface area contributed by atoms with Crippen LogP contribution in [0, 0.1) is 0 Å². The number of hydrogen-bond acceptors (Lipinski definition) is 4. The second-order valence-electron chi connectivity index (χ2n) is 5.01. The lowest BCUT2D eigenvalue weighted by Gasteiger charge is -2.12. The van der Waals surface area contributed by atoms with Crippen molar-refractivity contribution < 1.29 is 14.3 Å². The van der Waals surface area contributed by atoms with Crippen molar-refractivity contribution in [3.8, 4) is 0 Å². The summed E-state index contributed by atoms with van der Waals surface area (Å²) in [5, 5.41) is 2.71. The monoisotopic (exact) mass is 290 g/mol. The second-order valence-corrected chi connectivity index (χ2v) is 5.01. The van der Waals surface area contributed by atoms with Crippen LogP contribution in [0.25, 0.3) is 6.08 Å². The molecule has 0 saturated carbocycles. The first kappa shape index (κ1) is 16.8. The first-order valence-electron chi connectivity index (χ1n) is 6.75. The summed E-state index contributed by atoms with van der Waals surface area (Å²) in [6.07, 6.45) is 3.35. The fourth-order valence-electron chi connectivity index (χ4n) is 1.73. The summed E-state index contributed by atoms with van der Waals surface area (Å²) >= 11 is 0. The smallest absolute Gasteiger partial charge is 0.307 e. The van der Waals surface area contributed by atoms with Crippen molar-refractivity contribution in [3.05, 3.63) is 35.9 Å². The van der Waals surface area contributed by atoms with Crippen LogP contribution in [0.3, 0.4) is 0 Å². The van der Waals surface area contributed by atoms with Crippen molar-refractivity contribution in [2.75, 3.05) is 26.1 Å². The van der Waals surface area contributed by atoms with Gasteiger partial charge in [0.25, 0.3) is 0 Å². The van der Waals surface area contributed by atoms with Crippen LogP contribution in [0.1, 0.15) is 18.9 Å². The van der Waals surface area contributed by atoms with Crippen molar-refractivity contribution in [2.24, 2.45) is 0 Å². The van der Waals surface area contributed by atoms with Gasteiger partial charge in [0, 0.05) is 31.9 Å². The second kappa shape index (κ2) is 8.09. The molecule has 1 amide bonds. The fourth-order valence-corrected chi connectivity index (χ4v) is 1.73. The van der Waals surface area contributed by atoms with E-state index in [4.69, 9.17) is 0 Å². The quantitative estimate of drug-likeness (QED) is 0.641. The van der Waals surface area contributed by atoms with Crippen molar-refractivity contribution in [1.82, 2.24) is 5.32 Å². The number of rotatable bonds is 6. The van der Waals surface area contributed by atoms with Gasteiger partial charge in [-0.2, -0.15) is 0 Å². The van der Waals surface area contributed by atoms with E-state index < -0.39 is 0 Å². The molecule has 21 heavy (non-hydrogen) atoms. The summed E-state index contributed by atoms with van der Waals surface area (Å²) in [5.41, 5.74) is 2.04. The first-order chi connectivity index (χ1) is 9.92. The van der Waals surface area contributed by atoms with Gasteiger partial charge in [-0.15, -0.1) is 0 Å². The van der Waals surface area contributed by atoms with E-state index in [9.17, 15) is 9.59 Å². The van der Waals surface area contributed by atoms with Crippen LogP contribution < -0.4 is 10.2 Å². The number of benzene rings is 1. The highest BCUT2D eigenvalue weighted by Crippen LogP contribution is 2.13. The van der Waals surface area contributed by atoms with E-state index in [1.54, 1.807) is 13.0 Å². The van der Waals surface area contributed by atoms with Gasteiger partial charge >= 0.3 is 5.97 Å². The molecule has 5 nitrogen and oxygen atoms in total. The minimum Gasteiger partial charge on any atom is -0.469 e. The topological polar surface area (TPSA) is 58.6 Å². The molecular formula is C16H22N2O3. The predicted molar refractivity (Wildman–Crippen MR) is 84.0 cm³/mol. The third-order valence-corrected chi connectivity index (χ3v) is 2.93. The highest BCUT2D eigenvalue weighted by molar-refractivity contribution is 5.92. The minimum absolute atomic E-state index is 0.160. The van der Waals surface area contributed by atoms with Crippen LogP contribution in [0.2, 0.25) is 0 Å². The molecule has 114 valence electrons. The van der Waals surface area contributed by atoms with E-state index in [1.165, 1.54) is 13.2 Å². The lowest BCUT2D eigenvalue weighted by Crippen LogP contribution is -2.33. The van der Waals surface area contributed by atoms with Gasteiger partial charge in [0.1, 0.15) is 0 Å². The van der Waals surface area contributed by atoms with Crippen molar-refractivity contribution in [2.45, 2.75) is 19.4 Å². The van der Waals surface area contributed by atoms with Gasteiger partial charge < -0.3 is 15.0 Å². The molecule has 0 bridgehead atoms. The molecule has 5 heteroatoms. The Bertz CT molecular complexity index is 507. The maximum atomic E-state index is 11.7. The van der Waals surface area contributed by atoms with Crippen LogP contribution in [-0.2, 0) is 14.3 Å². The van der Waals surface area contributed by atoms with E-state index in [1.807, 2.05) is 43.3 Å². The number of hydrogen-bond donors (Lipinski definition) is 1. The van der Waals surface area contributed by atoms with Gasteiger partial charge in [-0.1, -0.05) is 12.1 Å². The molecular weight excluding hydrogens is 268 g/mol. The number of esters is 1. The molecule has 0 spiro atoms. The number of carbonyl (C=O) groups excluding carboxylic acids is 2. The fraction of sp³-hybridized carbons (Fsp3) is 0.375. The molecule has 1 atom stereocenters. The van der Waals surface area contributed by atoms with Crippen LogP contribution in [0.5, 0.6) is 0 Å².